The maximum Gasteiger partial charge on any atom is 0.382 e. The van der Waals surface area contributed by atoms with E-state index in [0.29, 0.717) is 27.1 Å². The molecule has 1 fully saturated rings. The zero-order chi connectivity index (χ0) is 58.3. The van der Waals surface area contributed by atoms with Crippen molar-refractivity contribution in [3.8, 4) is 11.8 Å². The Morgan fingerprint density at radius 1 is 0.823 bits per heavy atom. The van der Waals surface area contributed by atoms with Gasteiger partial charge in [0.2, 0.25) is 41.4 Å². The minimum absolute atomic E-state index is 0.0282. The number of nitrogens with one attached hydrogen (secondary N) is 8. The molecule has 3 aliphatic heterocycles. The lowest BCUT2D eigenvalue weighted by Crippen LogP contribution is -2.61. The van der Waals surface area contributed by atoms with Gasteiger partial charge in [-0.15, -0.1) is 11.8 Å². The third-order valence-electron chi connectivity index (χ3n) is 13.5. The van der Waals surface area contributed by atoms with E-state index in [2.05, 4.69) is 42.2 Å². The van der Waals surface area contributed by atoms with Gasteiger partial charge >= 0.3 is 5.97 Å². The first-order chi connectivity index (χ1) is 37.2. The number of carboxylic acids is 1. The van der Waals surface area contributed by atoms with E-state index in [1.807, 2.05) is 5.92 Å². The number of aliphatic carboxylic acids is 1. The molecule has 10 atom stereocenters. The van der Waals surface area contributed by atoms with Gasteiger partial charge in [-0.3, -0.25) is 52.7 Å². The summed E-state index contributed by atoms with van der Waals surface area (Å²) in [6.45, 7) is 3.93. The number of carbonyl (C=O) groups is 12. The summed E-state index contributed by atoms with van der Waals surface area (Å²) in [5.41, 5.74) is -0.539. The van der Waals surface area contributed by atoms with Crippen LogP contribution < -0.4 is 37.2 Å². The highest BCUT2D eigenvalue weighted by Gasteiger charge is 2.44. The number of carboxylic acid groups (broad SMARTS) is 1. The van der Waals surface area contributed by atoms with Crippen molar-refractivity contribution in [3.63, 3.8) is 0 Å². The van der Waals surface area contributed by atoms with Gasteiger partial charge in [-0.1, -0.05) is 6.07 Å². The molecule has 13 N–H and O–H groups in total. The smallest absolute Gasteiger partial charge is 0.382 e. The van der Waals surface area contributed by atoms with E-state index in [1.54, 1.807) is 24.1 Å². The van der Waals surface area contributed by atoms with Crippen LogP contribution in [-0.2, 0) is 70.4 Å². The summed E-state index contributed by atoms with van der Waals surface area (Å²) < 4.78 is 0. The van der Waals surface area contributed by atoms with Crippen molar-refractivity contribution in [2.45, 2.75) is 157 Å². The molecular weight excluding hydrogens is 1050 g/mol. The SMILES string of the molecule is CC(O)[C@H]1NC(=O)[C@H](C)NC(=O)[C@H](C[C@@](C)(O)CO)NC(=O)[C@H]2CC(=O)[C@H](C)NC(=O)[C@@H]3C[C@@H](O)CN3C(=O)[C@@H](CSc3[nH]c4ccc(CC(=O)CCCNC(=O)CCCC(=O)CCNC(=O)C#CC(=O)O)cc4c3C2)NC1=O. The monoisotopic (exact) mass is 1120 g/mol. The number of carbonyl (C=O) groups excluding carboxylic acids is 11. The second kappa shape index (κ2) is 28.6. The average Bonchev–Trinajstić information content (AvgIpc) is 4.00. The van der Waals surface area contributed by atoms with Gasteiger partial charge in [0.05, 0.1) is 35.5 Å². The van der Waals surface area contributed by atoms with Crippen molar-refractivity contribution in [1.82, 2.24) is 47.1 Å². The number of aliphatic hydroxyl groups is 4. The number of H-pyrrole nitrogens is 1. The first kappa shape index (κ1) is 62.6. The lowest BCUT2D eigenvalue weighted by Gasteiger charge is -2.31. The molecule has 27 heteroatoms. The van der Waals surface area contributed by atoms with Crippen molar-refractivity contribution in [2.75, 3.05) is 32.0 Å². The van der Waals surface area contributed by atoms with E-state index < -0.39 is 133 Å². The molecule has 0 saturated carbocycles. The van der Waals surface area contributed by atoms with Gasteiger partial charge in [-0.05, 0) is 70.2 Å². The largest absolute Gasteiger partial charge is 0.472 e. The molecule has 0 radical (unpaired) electrons. The van der Waals surface area contributed by atoms with E-state index in [1.165, 1.54) is 27.7 Å². The summed E-state index contributed by atoms with van der Waals surface area (Å²) >= 11 is 1.01. The lowest BCUT2D eigenvalue weighted by atomic mass is 9.89. The van der Waals surface area contributed by atoms with Gasteiger partial charge in [0.25, 0.3) is 5.91 Å². The Kier molecular flexibility index (Phi) is 22.6. The van der Waals surface area contributed by atoms with Crippen LogP contribution in [0, 0.1) is 17.8 Å². The van der Waals surface area contributed by atoms with Crippen LogP contribution in [-0.4, -0.2) is 192 Å². The van der Waals surface area contributed by atoms with Crippen molar-refractivity contribution in [3.05, 3.63) is 29.3 Å². The third-order valence-corrected chi connectivity index (χ3v) is 14.7. The van der Waals surface area contributed by atoms with E-state index in [0.717, 1.165) is 16.7 Å². The number of amides is 8. The molecule has 79 heavy (non-hydrogen) atoms. The van der Waals surface area contributed by atoms with Crippen LogP contribution in [0.25, 0.3) is 10.9 Å². The predicted molar refractivity (Wildman–Crippen MR) is 280 cm³/mol. The zero-order valence-electron chi connectivity index (χ0n) is 44.2. The van der Waals surface area contributed by atoms with Crippen LogP contribution in [0.4, 0.5) is 0 Å². The van der Waals surface area contributed by atoms with Crippen molar-refractivity contribution in [1.29, 1.82) is 0 Å². The predicted octanol–water partition coefficient (Wildman–Crippen LogP) is -3.31. The summed E-state index contributed by atoms with van der Waals surface area (Å²) in [6.07, 6.45) is -3.84. The van der Waals surface area contributed by atoms with Crippen LogP contribution in [0.15, 0.2) is 23.2 Å². The summed E-state index contributed by atoms with van der Waals surface area (Å²) in [6, 6.07) is -3.84. The summed E-state index contributed by atoms with van der Waals surface area (Å²) in [7, 11) is 0. The van der Waals surface area contributed by atoms with Crippen molar-refractivity contribution in [2.24, 2.45) is 5.92 Å². The van der Waals surface area contributed by atoms with Crippen LogP contribution in [0.2, 0.25) is 0 Å². The highest BCUT2D eigenvalue weighted by atomic mass is 32.2. The Morgan fingerprint density at radius 2 is 1.53 bits per heavy atom. The number of aliphatic hydroxyl groups excluding tert-OH is 3. The molecule has 26 nitrogen and oxygen atoms in total. The number of benzene rings is 1. The molecule has 1 unspecified atom stereocenters. The number of hydrogen-bond donors (Lipinski definition) is 13. The van der Waals surface area contributed by atoms with Crippen molar-refractivity contribution >= 4 is 93.2 Å². The Balaban J connectivity index is 1.44. The maximum absolute atomic E-state index is 14.7. The maximum atomic E-state index is 14.7. The first-order valence-electron chi connectivity index (χ1n) is 25.9. The number of aromatic nitrogens is 1. The Morgan fingerprint density at radius 3 is 2.23 bits per heavy atom. The van der Waals surface area contributed by atoms with Gasteiger partial charge in [-0.2, -0.15) is 0 Å². The molecule has 1 saturated heterocycles. The van der Waals surface area contributed by atoms with Crippen LogP contribution in [0.3, 0.4) is 0 Å². The van der Waals surface area contributed by atoms with E-state index in [9.17, 15) is 78.0 Å². The van der Waals surface area contributed by atoms with Crippen LogP contribution >= 0.6 is 11.8 Å². The van der Waals surface area contributed by atoms with Crippen LogP contribution in [0.5, 0.6) is 0 Å². The Bertz CT molecular complexity index is 2750. The van der Waals surface area contributed by atoms with Gasteiger partial charge in [0.1, 0.15) is 41.8 Å². The third kappa shape index (κ3) is 18.4. The zero-order valence-corrected chi connectivity index (χ0v) is 45.0. The quantitative estimate of drug-likeness (QED) is 0.0545. The van der Waals surface area contributed by atoms with E-state index >= 15 is 0 Å². The van der Waals surface area contributed by atoms with Gasteiger partial charge < -0.3 is 72.6 Å². The van der Waals surface area contributed by atoms with Crippen molar-refractivity contribution < 1.29 is 83.1 Å². The van der Waals surface area contributed by atoms with Crippen LogP contribution in [0.1, 0.15) is 96.6 Å². The second-order valence-electron chi connectivity index (χ2n) is 20.4. The molecule has 0 spiro atoms. The molecule has 430 valence electrons. The first-order valence-corrected chi connectivity index (χ1v) is 26.9. The normalized spacial score (nSPS) is 24.6. The molecule has 5 rings (SSSR count). The fourth-order valence-electron chi connectivity index (χ4n) is 9.15. The molecule has 1 aromatic carbocycles. The van der Waals surface area contributed by atoms with Gasteiger partial charge in [-0.25, -0.2) is 4.79 Å². The molecule has 2 bridgehead atoms. The summed E-state index contributed by atoms with van der Waals surface area (Å²) in [5, 5.41) is 69.6. The number of ketones is 3. The fraction of sp³-hybridized carbons (Fsp3) is 0.577. The average molecular weight is 1120 g/mol. The molecule has 1 aromatic heterocycles. The molecule has 8 amide bonds. The summed E-state index contributed by atoms with van der Waals surface area (Å²) in [5.74, 6) is -7.36. The van der Waals surface area contributed by atoms with E-state index in [-0.39, 0.29) is 101 Å². The number of thioether (sulfide) groups is 1. The number of fused-ring (bicyclic) bond motifs is 5. The number of rotatable bonds is 17. The molecular formula is C52H69N9O17S. The minimum Gasteiger partial charge on any atom is -0.472 e. The Hall–Kier alpha value is -7.25. The minimum atomic E-state index is -1.97. The molecule has 3 aliphatic rings. The fourth-order valence-corrected chi connectivity index (χ4v) is 10.3. The topological polar surface area (TPSA) is 409 Å². The number of hydrogen-bond acceptors (Lipinski definition) is 17. The highest BCUT2D eigenvalue weighted by molar-refractivity contribution is 7.99. The highest BCUT2D eigenvalue weighted by Crippen LogP contribution is 2.35. The molecule has 4 heterocycles. The van der Waals surface area contributed by atoms with Gasteiger partial charge in [0.15, 0.2) is 5.78 Å². The standard InChI is InChI=1S/C52H69N9O17S/c1-26-40(67)20-30-19-35-34-18-29(17-32(65)8-6-15-53-41(68)9-5-7-31(64)14-16-54-42(69)12-13-43(70)71)10-11-36(34)59-50(35)79-24-38(51(77)61-23-33(66)21-39(61)48(75)55-26)58-49(76)44(28(3)63)60-45(72)27(2)56-47(74)37(57-46(30)73)22-52(4,78)25-62/h10-11,18,26-28,30,33,37-39,44,59,62-63,66,78H,5-9,14-17,19-25H2,1-4H3,(H,53,68)(H,54,69)(H,55,75)(H,56,74)(H,57,73)(H,58,76)(H,60,72)(H,70,71)/t26-,27-,28?,30+,33+,37-,38+,39-,44+,52+/m0/s1. The summed E-state index contributed by atoms with van der Waals surface area (Å²) in [4.78, 5) is 163. The number of Topliss-reactive ketones (excluding diaryl/α,β-unsaturated/α-hetero) is 3. The molecule has 0 aliphatic carbocycles. The number of nitrogens with zero attached hydrogens (tertiary/aromatic N) is 1. The van der Waals surface area contributed by atoms with E-state index in [4.69, 9.17) is 5.11 Å². The molecule has 2 aromatic rings. The number of aromatic amines is 1. The lowest BCUT2D eigenvalue weighted by molar-refractivity contribution is -0.142. The second-order valence-corrected chi connectivity index (χ2v) is 21.4. The van der Waals surface area contributed by atoms with Gasteiger partial charge in [0, 0.05) is 105 Å². The Labute approximate surface area is 458 Å².